The molecule has 21 heavy (non-hydrogen) atoms. The SMILES string of the molecule is CCOc1cc(-c2n[nH]nc2C(N)=O)cc(Br)c1OCC. The van der Waals surface area contributed by atoms with Crippen LogP contribution in [0.15, 0.2) is 16.6 Å². The van der Waals surface area contributed by atoms with E-state index in [1.54, 1.807) is 12.1 Å². The van der Waals surface area contributed by atoms with Crippen molar-refractivity contribution in [1.82, 2.24) is 15.4 Å². The average Bonchev–Trinajstić information content (AvgIpc) is 2.92. The van der Waals surface area contributed by atoms with Gasteiger partial charge in [-0.2, -0.15) is 15.4 Å². The van der Waals surface area contributed by atoms with Crippen LogP contribution in [0.1, 0.15) is 24.3 Å². The van der Waals surface area contributed by atoms with Crippen molar-refractivity contribution < 1.29 is 14.3 Å². The van der Waals surface area contributed by atoms with Gasteiger partial charge in [0.15, 0.2) is 17.2 Å². The van der Waals surface area contributed by atoms with Crippen molar-refractivity contribution in [2.45, 2.75) is 13.8 Å². The maximum Gasteiger partial charge on any atom is 0.271 e. The number of aromatic nitrogens is 3. The molecular weight excluding hydrogens is 340 g/mol. The van der Waals surface area contributed by atoms with Crippen molar-refractivity contribution in [2.24, 2.45) is 5.73 Å². The van der Waals surface area contributed by atoms with Gasteiger partial charge in [-0.25, -0.2) is 0 Å². The highest BCUT2D eigenvalue weighted by Gasteiger charge is 2.19. The van der Waals surface area contributed by atoms with Gasteiger partial charge in [0.25, 0.3) is 5.91 Å². The lowest BCUT2D eigenvalue weighted by Gasteiger charge is -2.14. The minimum Gasteiger partial charge on any atom is -0.490 e. The summed E-state index contributed by atoms with van der Waals surface area (Å²) in [6.07, 6.45) is 0. The van der Waals surface area contributed by atoms with Crippen LogP contribution in [-0.4, -0.2) is 34.5 Å². The second kappa shape index (κ2) is 6.57. The zero-order valence-corrected chi connectivity index (χ0v) is 13.2. The molecule has 0 atom stereocenters. The van der Waals surface area contributed by atoms with E-state index in [-0.39, 0.29) is 5.69 Å². The first-order valence-corrected chi connectivity index (χ1v) is 7.17. The normalized spacial score (nSPS) is 10.4. The van der Waals surface area contributed by atoms with Crippen LogP contribution in [0.5, 0.6) is 11.5 Å². The molecule has 7 nitrogen and oxygen atoms in total. The van der Waals surface area contributed by atoms with Crippen LogP contribution in [-0.2, 0) is 0 Å². The molecule has 1 aromatic carbocycles. The van der Waals surface area contributed by atoms with Crippen molar-refractivity contribution in [3.05, 3.63) is 22.3 Å². The topological polar surface area (TPSA) is 103 Å². The number of hydrogen-bond acceptors (Lipinski definition) is 5. The fourth-order valence-electron chi connectivity index (χ4n) is 1.86. The van der Waals surface area contributed by atoms with Gasteiger partial charge in [-0.15, -0.1) is 0 Å². The molecule has 2 aromatic rings. The van der Waals surface area contributed by atoms with Crippen LogP contribution < -0.4 is 15.2 Å². The molecular formula is C13H15BrN4O3. The summed E-state index contributed by atoms with van der Waals surface area (Å²) in [6, 6.07) is 3.52. The summed E-state index contributed by atoms with van der Waals surface area (Å²) in [6.45, 7) is 4.76. The van der Waals surface area contributed by atoms with Crippen LogP contribution in [0.3, 0.4) is 0 Å². The molecule has 2 rings (SSSR count). The van der Waals surface area contributed by atoms with Gasteiger partial charge in [0, 0.05) is 5.56 Å². The van der Waals surface area contributed by atoms with Gasteiger partial charge < -0.3 is 15.2 Å². The fourth-order valence-corrected chi connectivity index (χ4v) is 2.41. The second-order valence-electron chi connectivity index (χ2n) is 4.04. The number of amides is 1. The molecule has 112 valence electrons. The zero-order chi connectivity index (χ0) is 15.4. The van der Waals surface area contributed by atoms with Crippen LogP contribution in [0.4, 0.5) is 0 Å². The van der Waals surface area contributed by atoms with Crippen molar-refractivity contribution in [3.8, 4) is 22.8 Å². The molecule has 0 aliphatic rings. The van der Waals surface area contributed by atoms with Crippen molar-refractivity contribution in [1.29, 1.82) is 0 Å². The summed E-state index contributed by atoms with van der Waals surface area (Å²) in [7, 11) is 0. The number of ether oxygens (including phenoxy) is 2. The molecule has 8 heteroatoms. The Morgan fingerprint density at radius 1 is 1.29 bits per heavy atom. The Balaban J connectivity index is 2.55. The third-order valence-corrected chi connectivity index (χ3v) is 3.24. The predicted octanol–water partition coefficient (Wildman–Crippen LogP) is 2.13. The first-order chi connectivity index (χ1) is 10.1. The van der Waals surface area contributed by atoms with E-state index in [2.05, 4.69) is 31.3 Å². The zero-order valence-electron chi connectivity index (χ0n) is 11.6. The predicted molar refractivity (Wildman–Crippen MR) is 80.4 cm³/mol. The number of carbonyl (C=O) groups is 1. The highest BCUT2D eigenvalue weighted by atomic mass is 79.9. The van der Waals surface area contributed by atoms with Crippen molar-refractivity contribution >= 4 is 21.8 Å². The Morgan fingerprint density at radius 3 is 2.62 bits per heavy atom. The van der Waals surface area contributed by atoms with Gasteiger partial charge in [0.2, 0.25) is 0 Å². The standard InChI is InChI=1S/C13H15BrN4O3/c1-3-20-9-6-7(5-8(14)12(9)21-4-2)10-11(13(15)19)17-18-16-10/h5-6H,3-4H2,1-2H3,(H2,15,19)(H,16,17,18). The lowest BCUT2D eigenvalue weighted by atomic mass is 10.1. The first kappa shape index (κ1) is 15.3. The first-order valence-electron chi connectivity index (χ1n) is 6.38. The van der Waals surface area contributed by atoms with Gasteiger partial charge in [-0.1, -0.05) is 0 Å². The van der Waals surface area contributed by atoms with Gasteiger partial charge in [0.1, 0.15) is 5.69 Å². The number of aromatic amines is 1. The van der Waals surface area contributed by atoms with Gasteiger partial charge in [-0.3, -0.25) is 4.79 Å². The summed E-state index contributed by atoms with van der Waals surface area (Å²) in [5.74, 6) is 0.510. The van der Waals surface area contributed by atoms with Crippen LogP contribution >= 0.6 is 15.9 Å². The number of primary amides is 1. The number of benzene rings is 1. The largest absolute Gasteiger partial charge is 0.490 e. The third-order valence-electron chi connectivity index (χ3n) is 2.65. The number of carbonyl (C=O) groups excluding carboxylic acids is 1. The van der Waals surface area contributed by atoms with Crippen molar-refractivity contribution in [2.75, 3.05) is 13.2 Å². The molecule has 0 spiro atoms. The van der Waals surface area contributed by atoms with E-state index < -0.39 is 5.91 Å². The summed E-state index contributed by atoms with van der Waals surface area (Å²) in [4.78, 5) is 11.4. The number of halogens is 1. The highest BCUT2D eigenvalue weighted by molar-refractivity contribution is 9.10. The fraction of sp³-hybridized carbons (Fsp3) is 0.308. The molecule has 0 bridgehead atoms. The summed E-state index contributed by atoms with van der Waals surface area (Å²) in [5.41, 5.74) is 6.37. The molecule has 0 aliphatic heterocycles. The number of nitrogens with two attached hydrogens (primary N) is 1. The van der Waals surface area contributed by atoms with Gasteiger partial charge >= 0.3 is 0 Å². The minimum atomic E-state index is -0.651. The van der Waals surface area contributed by atoms with E-state index in [0.29, 0.717) is 40.4 Å². The van der Waals surface area contributed by atoms with E-state index >= 15 is 0 Å². The van der Waals surface area contributed by atoms with E-state index in [1.807, 2.05) is 13.8 Å². The van der Waals surface area contributed by atoms with E-state index in [4.69, 9.17) is 15.2 Å². The molecule has 1 amide bonds. The highest BCUT2D eigenvalue weighted by Crippen LogP contribution is 2.39. The number of H-pyrrole nitrogens is 1. The lowest BCUT2D eigenvalue weighted by molar-refractivity contribution is 0.0996. The van der Waals surface area contributed by atoms with Crippen LogP contribution in [0, 0.1) is 0 Å². The summed E-state index contributed by atoms with van der Waals surface area (Å²) >= 11 is 3.44. The average molecular weight is 355 g/mol. The molecule has 0 unspecified atom stereocenters. The Morgan fingerprint density at radius 2 is 2.00 bits per heavy atom. The molecule has 3 N–H and O–H groups in total. The Kier molecular flexibility index (Phi) is 4.79. The Hall–Kier alpha value is -2.09. The molecule has 0 fully saturated rings. The minimum absolute atomic E-state index is 0.0773. The smallest absolute Gasteiger partial charge is 0.271 e. The van der Waals surface area contributed by atoms with Gasteiger partial charge in [0.05, 0.1) is 17.7 Å². The molecule has 0 aliphatic carbocycles. The lowest BCUT2D eigenvalue weighted by Crippen LogP contribution is -2.12. The van der Waals surface area contributed by atoms with E-state index in [9.17, 15) is 4.79 Å². The number of hydrogen-bond donors (Lipinski definition) is 2. The quantitative estimate of drug-likeness (QED) is 0.826. The van der Waals surface area contributed by atoms with E-state index in [1.165, 1.54) is 0 Å². The number of nitrogens with one attached hydrogen (secondary N) is 1. The second-order valence-corrected chi connectivity index (χ2v) is 4.89. The Labute approximate surface area is 129 Å². The molecule has 0 radical (unpaired) electrons. The summed E-state index contributed by atoms with van der Waals surface area (Å²) in [5, 5.41) is 10.1. The number of rotatable bonds is 6. The molecule has 1 heterocycles. The van der Waals surface area contributed by atoms with Crippen LogP contribution in [0.2, 0.25) is 0 Å². The maximum atomic E-state index is 11.4. The molecule has 0 saturated carbocycles. The van der Waals surface area contributed by atoms with Gasteiger partial charge in [-0.05, 0) is 41.9 Å². The Bertz CT molecular complexity index is 657. The third kappa shape index (κ3) is 3.15. The summed E-state index contributed by atoms with van der Waals surface area (Å²) < 4.78 is 11.8. The van der Waals surface area contributed by atoms with Crippen LogP contribution in [0.25, 0.3) is 11.3 Å². The number of nitrogens with zero attached hydrogens (tertiary/aromatic N) is 2. The van der Waals surface area contributed by atoms with E-state index in [0.717, 1.165) is 0 Å². The monoisotopic (exact) mass is 354 g/mol. The van der Waals surface area contributed by atoms with Crippen molar-refractivity contribution in [3.63, 3.8) is 0 Å². The molecule has 0 saturated heterocycles. The molecule has 1 aromatic heterocycles. The maximum absolute atomic E-state index is 11.4.